The first-order valence-corrected chi connectivity index (χ1v) is 7.45. The molecule has 3 fully saturated rings. The lowest BCUT2D eigenvalue weighted by Gasteiger charge is -2.27. The van der Waals surface area contributed by atoms with Gasteiger partial charge in [-0.25, -0.2) is 0 Å². The van der Waals surface area contributed by atoms with Crippen LogP contribution in [0.1, 0.15) is 51.9 Å². The molecule has 92 valence electrons. The molecular formula is C15H27N. The van der Waals surface area contributed by atoms with E-state index < -0.39 is 0 Å². The highest BCUT2D eigenvalue weighted by molar-refractivity contribution is 4.94. The quantitative estimate of drug-likeness (QED) is 0.769. The van der Waals surface area contributed by atoms with E-state index in [9.17, 15) is 0 Å². The molecule has 0 aliphatic heterocycles. The van der Waals surface area contributed by atoms with Crippen LogP contribution >= 0.6 is 0 Å². The van der Waals surface area contributed by atoms with Crippen molar-refractivity contribution >= 4 is 0 Å². The Morgan fingerprint density at radius 2 is 1.88 bits per heavy atom. The SMILES string of the molecule is CNC1CCC(CC2CC3CCC2C3)C1C. The number of hydrogen-bond donors (Lipinski definition) is 1. The third-order valence-corrected chi connectivity index (χ3v) is 6.09. The van der Waals surface area contributed by atoms with Gasteiger partial charge >= 0.3 is 0 Å². The van der Waals surface area contributed by atoms with Gasteiger partial charge in [-0.2, -0.15) is 0 Å². The zero-order valence-corrected chi connectivity index (χ0v) is 10.9. The maximum absolute atomic E-state index is 3.50. The van der Waals surface area contributed by atoms with E-state index in [1.54, 1.807) is 32.1 Å². The largest absolute Gasteiger partial charge is 0.317 e. The molecule has 3 aliphatic rings. The second kappa shape index (κ2) is 4.33. The van der Waals surface area contributed by atoms with Crippen molar-refractivity contribution in [2.45, 2.75) is 57.9 Å². The summed E-state index contributed by atoms with van der Waals surface area (Å²) in [5.74, 6) is 5.32. The number of hydrogen-bond acceptors (Lipinski definition) is 1. The molecule has 1 heteroatoms. The van der Waals surface area contributed by atoms with E-state index >= 15 is 0 Å². The summed E-state index contributed by atoms with van der Waals surface area (Å²) in [6.07, 6.45) is 10.7. The summed E-state index contributed by atoms with van der Waals surface area (Å²) in [5.41, 5.74) is 0. The molecule has 0 saturated heterocycles. The molecule has 0 heterocycles. The molecule has 0 amide bonds. The van der Waals surface area contributed by atoms with E-state index in [0.29, 0.717) is 0 Å². The molecule has 1 nitrogen and oxygen atoms in total. The molecule has 0 aromatic heterocycles. The predicted octanol–water partition coefficient (Wildman–Crippen LogP) is 3.45. The van der Waals surface area contributed by atoms with E-state index in [1.165, 1.54) is 12.8 Å². The van der Waals surface area contributed by atoms with Crippen molar-refractivity contribution in [2.75, 3.05) is 7.05 Å². The van der Waals surface area contributed by atoms with Crippen LogP contribution in [0.15, 0.2) is 0 Å². The maximum atomic E-state index is 3.50. The lowest BCUT2D eigenvalue weighted by Crippen LogP contribution is -2.30. The maximum Gasteiger partial charge on any atom is 0.00924 e. The van der Waals surface area contributed by atoms with Crippen molar-refractivity contribution in [1.82, 2.24) is 5.32 Å². The summed E-state index contributed by atoms with van der Waals surface area (Å²) in [6.45, 7) is 2.48. The molecule has 0 aromatic rings. The minimum atomic E-state index is 0.809. The van der Waals surface area contributed by atoms with Gasteiger partial charge < -0.3 is 5.32 Å². The Morgan fingerprint density at radius 1 is 1.00 bits per heavy atom. The van der Waals surface area contributed by atoms with Crippen molar-refractivity contribution in [3.8, 4) is 0 Å². The van der Waals surface area contributed by atoms with Gasteiger partial charge in [-0.05, 0) is 75.2 Å². The molecule has 0 aromatic carbocycles. The lowest BCUT2D eigenvalue weighted by molar-refractivity contribution is 0.235. The molecular weight excluding hydrogens is 194 g/mol. The van der Waals surface area contributed by atoms with E-state index in [4.69, 9.17) is 0 Å². The highest BCUT2D eigenvalue weighted by Crippen LogP contribution is 2.52. The van der Waals surface area contributed by atoms with Crippen molar-refractivity contribution in [1.29, 1.82) is 0 Å². The summed E-state index contributed by atoms with van der Waals surface area (Å²) < 4.78 is 0. The van der Waals surface area contributed by atoms with Crippen LogP contribution < -0.4 is 5.32 Å². The molecule has 1 N–H and O–H groups in total. The molecule has 6 atom stereocenters. The molecule has 0 radical (unpaired) electrons. The van der Waals surface area contributed by atoms with Gasteiger partial charge in [0.1, 0.15) is 0 Å². The Morgan fingerprint density at radius 3 is 2.44 bits per heavy atom. The fourth-order valence-corrected chi connectivity index (χ4v) is 5.04. The van der Waals surface area contributed by atoms with Crippen LogP contribution in [-0.2, 0) is 0 Å². The van der Waals surface area contributed by atoms with E-state index in [2.05, 4.69) is 19.3 Å². The van der Waals surface area contributed by atoms with E-state index in [0.717, 1.165) is 35.6 Å². The van der Waals surface area contributed by atoms with Crippen molar-refractivity contribution < 1.29 is 0 Å². The highest BCUT2D eigenvalue weighted by atomic mass is 14.9. The summed E-state index contributed by atoms with van der Waals surface area (Å²) in [4.78, 5) is 0. The smallest absolute Gasteiger partial charge is 0.00924 e. The van der Waals surface area contributed by atoms with E-state index in [-0.39, 0.29) is 0 Å². The number of rotatable bonds is 3. The first kappa shape index (κ1) is 11.1. The minimum absolute atomic E-state index is 0.809. The van der Waals surface area contributed by atoms with Crippen LogP contribution in [0.2, 0.25) is 0 Å². The third kappa shape index (κ3) is 1.81. The first-order valence-electron chi connectivity index (χ1n) is 7.45. The van der Waals surface area contributed by atoms with Crippen LogP contribution in [0.25, 0.3) is 0 Å². The van der Waals surface area contributed by atoms with Gasteiger partial charge in [0.05, 0.1) is 0 Å². The van der Waals surface area contributed by atoms with Crippen LogP contribution in [-0.4, -0.2) is 13.1 Å². The molecule has 16 heavy (non-hydrogen) atoms. The second-order valence-corrected chi connectivity index (χ2v) is 6.76. The highest BCUT2D eigenvalue weighted by Gasteiger charge is 2.42. The van der Waals surface area contributed by atoms with Crippen LogP contribution in [0, 0.1) is 29.6 Å². The van der Waals surface area contributed by atoms with Gasteiger partial charge in [0.25, 0.3) is 0 Å². The third-order valence-electron chi connectivity index (χ3n) is 6.09. The van der Waals surface area contributed by atoms with Gasteiger partial charge in [0.15, 0.2) is 0 Å². The summed E-state index contributed by atoms with van der Waals surface area (Å²) in [7, 11) is 2.14. The first-order chi connectivity index (χ1) is 7.78. The molecule has 0 spiro atoms. The van der Waals surface area contributed by atoms with Crippen LogP contribution in [0.3, 0.4) is 0 Å². The van der Waals surface area contributed by atoms with Crippen molar-refractivity contribution in [3.63, 3.8) is 0 Å². The van der Waals surface area contributed by atoms with E-state index in [1.807, 2.05) is 0 Å². The average molecular weight is 221 g/mol. The summed E-state index contributed by atoms with van der Waals surface area (Å²) in [6, 6.07) is 0.809. The Hall–Kier alpha value is -0.0400. The number of nitrogens with one attached hydrogen (secondary N) is 1. The van der Waals surface area contributed by atoms with Crippen LogP contribution in [0.4, 0.5) is 0 Å². The van der Waals surface area contributed by atoms with Gasteiger partial charge in [0.2, 0.25) is 0 Å². The van der Waals surface area contributed by atoms with Gasteiger partial charge in [-0.1, -0.05) is 13.3 Å². The van der Waals surface area contributed by atoms with Gasteiger partial charge in [-0.3, -0.25) is 0 Å². The molecule has 6 unspecified atom stereocenters. The average Bonchev–Trinajstić information content (AvgIpc) is 2.96. The van der Waals surface area contributed by atoms with Gasteiger partial charge in [0, 0.05) is 6.04 Å². The minimum Gasteiger partial charge on any atom is -0.317 e. The van der Waals surface area contributed by atoms with Crippen LogP contribution in [0.5, 0.6) is 0 Å². The summed E-state index contributed by atoms with van der Waals surface area (Å²) >= 11 is 0. The molecule has 3 rings (SSSR count). The normalized spacial score (nSPS) is 51.4. The standard InChI is InChI=1S/C15H27N/c1-10-12(5-6-15(10)16-2)9-14-8-11-3-4-13(14)7-11/h10-16H,3-9H2,1-2H3. The monoisotopic (exact) mass is 221 g/mol. The predicted molar refractivity (Wildman–Crippen MR) is 68.3 cm³/mol. The fourth-order valence-electron chi connectivity index (χ4n) is 5.04. The molecule has 2 bridgehead atoms. The second-order valence-electron chi connectivity index (χ2n) is 6.76. The fraction of sp³-hybridized carbons (Fsp3) is 1.00. The topological polar surface area (TPSA) is 12.0 Å². The van der Waals surface area contributed by atoms with Gasteiger partial charge in [-0.15, -0.1) is 0 Å². The molecule has 3 aliphatic carbocycles. The van der Waals surface area contributed by atoms with Crippen molar-refractivity contribution in [2.24, 2.45) is 29.6 Å². The zero-order chi connectivity index (χ0) is 11.1. The lowest BCUT2D eigenvalue weighted by atomic mass is 9.79. The van der Waals surface area contributed by atoms with Crippen molar-refractivity contribution in [3.05, 3.63) is 0 Å². The number of fused-ring (bicyclic) bond motifs is 2. The Labute approximate surface area is 100 Å². The Bertz CT molecular complexity index is 250. The molecule has 3 saturated carbocycles. The summed E-state index contributed by atoms with van der Waals surface area (Å²) in [5, 5.41) is 3.50. The Balaban J connectivity index is 1.56. The zero-order valence-electron chi connectivity index (χ0n) is 10.9. The Kier molecular flexibility index (Phi) is 2.99.